The second-order valence-electron chi connectivity index (χ2n) is 6.74. The van der Waals surface area contributed by atoms with E-state index in [2.05, 4.69) is 10.6 Å². The minimum atomic E-state index is -3.31. The highest BCUT2D eigenvalue weighted by Gasteiger charge is 2.31. The number of nitrogens with zero attached hydrogens (tertiary/aromatic N) is 1. The van der Waals surface area contributed by atoms with E-state index in [4.69, 9.17) is 0 Å². The van der Waals surface area contributed by atoms with E-state index in [0.717, 1.165) is 12.8 Å². The largest absolute Gasteiger partial charge is 0.352 e. The van der Waals surface area contributed by atoms with Gasteiger partial charge in [-0.05, 0) is 38.3 Å². The molecule has 8 heteroatoms. The van der Waals surface area contributed by atoms with E-state index in [1.54, 1.807) is 31.2 Å². The van der Waals surface area contributed by atoms with E-state index in [9.17, 15) is 18.0 Å². The molecule has 0 bridgehead atoms. The van der Waals surface area contributed by atoms with Crippen molar-refractivity contribution in [2.24, 2.45) is 5.92 Å². The van der Waals surface area contributed by atoms with Crippen LogP contribution in [0.4, 0.5) is 5.69 Å². The number of para-hydroxylation sites is 1. The Morgan fingerprint density at radius 1 is 1.22 bits per heavy atom. The van der Waals surface area contributed by atoms with Gasteiger partial charge in [0.1, 0.15) is 0 Å². The SMILES string of the molecule is CCCCNC(=O)c1ccccc1NC(=O)[C@@H]1CCCN(S(=O)(=O)CC)C1. The van der Waals surface area contributed by atoms with Crippen molar-refractivity contribution >= 4 is 27.5 Å². The van der Waals surface area contributed by atoms with Crippen LogP contribution >= 0.6 is 0 Å². The number of carbonyl (C=O) groups is 2. The van der Waals surface area contributed by atoms with Crippen molar-refractivity contribution in [2.45, 2.75) is 39.5 Å². The lowest BCUT2D eigenvalue weighted by Crippen LogP contribution is -2.44. The number of benzene rings is 1. The Labute approximate surface area is 161 Å². The van der Waals surface area contributed by atoms with Gasteiger partial charge in [-0.25, -0.2) is 12.7 Å². The van der Waals surface area contributed by atoms with Crippen molar-refractivity contribution in [1.82, 2.24) is 9.62 Å². The average Bonchev–Trinajstić information content (AvgIpc) is 2.68. The predicted octanol–water partition coefficient (Wildman–Crippen LogP) is 2.22. The van der Waals surface area contributed by atoms with Crippen molar-refractivity contribution in [3.05, 3.63) is 29.8 Å². The van der Waals surface area contributed by atoms with Gasteiger partial charge in [-0.15, -0.1) is 0 Å². The molecule has 2 rings (SSSR count). The lowest BCUT2D eigenvalue weighted by Gasteiger charge is -2.31. The topological polar surface area (TPSA) is 95.6 Å². The summed E-state index contributed by atoms with van der Waals surface area (Å²) in [4.78, 5) is 25.1. The molecule has 0 unspecified atom stereocenters. The molecule has 150 valence electrons. The summed E-state index contributed by atoms with van der Waals surface area (Å²) in [5.41, 5.74) is 0.864. The van der Waals surface area contributed by atoms with Crippen LogP contribution in [-0.4, -0.2) is 49.9 Å². The van der Waals surface area contributed by atoms with E-state index < -0.39 is 15.9 Å². The molecule has 27 heavy (non-hydrogen) atoms. The summed E-state index contributed by atoms with van der Waals surface area (Å²) in [5, 5.41) is 5.67. The summed E-state index contributed by atoms with van der Waals surface area (Å²) >= 11 is 0. The minimum absolute atomic E-state index is 0.0299. The number of carbonyl (C=O) groups excluding carboxylic acids is 2. The fourth-order valence-corrected chi connectivity index (χ4v) is 4.27. The second-order valence-corrected chi connectivity index (χ2v) is 9.00. The molecule has 1 atom stereocenters. The van der Waals surface area contributed by atoms with Crippen LogP contribution in [0.1, 0.15) is 49.9 Å². The van der Waals surface area contributed by atoms with Gasteiger partial charge in [-0.2, -0.15) is 0 Å². The smallest absolute Gasteiger partial charge is 0.253 e. The number of unbranched alkanes of at least 4 members (excludes halogenated alkanes) is 1. The van der Waals surface area contributed by atoms with Crippen LogP contribution in [0, 0.1) is 5.92 Å². The van der Waals surface area contributed by atoms with E-state index in [1.807, 2.05) is 6.92 Å². The fraction of sp³-hybridized carbons (Fsp3) is 0.579. The third kappa shape index (κ3) is 5.77. The van der Waals surface area contributed by atoms with Crippen LogP contribution in [0.15, 0.2) is 24.3 Å². The number of rotatable bonds is 8. The van der Waals surface area contributed by atoms with Gasteiger partial charge in [0.05, 0.1) is 22.9 Å². The van der Waals surface area contributed by atoms with Gasteiger partial charge in [-0.3, -0.25) is 9.59 Å². The first-order valence-electron chi connectivity index (χ1n) is 9.55. The summed E-state index contributed by atoms with van der Waals surface area (Å²) in [6.45, 7) is 4.88. The van der Waals surface area contributed by atoms with E-state index in [1.165, 1.54) is 4.31 Å². The lowest BCUT2D eigenvalue weighted by atomic mass is 9.98. The maximum atomic E-state index is 12.7. The molecular formula is C19H29N3O4S. The lowest BCUT2D eigenvalue weighted by molar-refractivity contribution is -0.120. The molecular weight excluding hydrogens is 366 g/mol. The van der Waals surface area contributed by atoms with Crippen molar-refractivity contribution < 1.29 is 18.0 Å². The van der Waals surface area contributed by atoms with Crippen LogP contribution in [-0.2, 0) is 14.8 Å². The molecule has 1 aliphatic rings. The van der Waals surface area contributed by atoms with Crippen molar-refractivity contribution in [3.63, 3.8) is 0 Å². The Bertz CT molecular complexity index is 764. The number of anilines is 1. The van der Waals surface area contributed by atoms with Crippen molar-refractivity contribution in [2.75, 3.05) is 30.7 Å². The van der Waals surface area contributed by atoms with Crippen LogP contribution in [0.3, 0.4) is 0 Å². The van der Waals surface area contributed by atoms with Gasteiger partial charge in [0.2, 0.25) is 15.9 Å². The van der Waals surface area contributed by atoms with Crippen LogP contribution in [0.2, 0.25) is 0 Å². The summed E-state index contributed by atoms with van der Waals surface area (Å²) in [5.74, 6) is -0.864. The number of nitrogens with one attached hydrogen (secondary N) is 2. The summed E-state index contributed by atoms with van der Waals surface area (Å²) in [6, 6.07) is 6.87. The third-order valence-electron chi connectivity index (χ3n) is 4.76. The number of hydrogen-bond acceptors (Lipinski definition) is 4. The van der Waals surface area contributed by atoms with E-state index in [-0.39, 0.29) is 24.1 Å². The third-order valence-corrected chi connectivity index (χ3v) is 6.61. The highest BCUT2D eigenvalue weighted by atomic mass is 32.2. The van der Waals surface area contributed by atoms with Crippen molar-refractivity contribution in [3.8, 4) is 0 Å². The first-order chi connectivity index (χ1) is 12.9. The van der Waals surface area contributed by atoms with E-state index in [0.29, 0.717) is 37.2 Å². The molecule has 1 aromatic rings. The Kier molecular flexibility index (Phi) is 7.79. The van der Waals surface area contributed by atoms with Crippen LogP contribution in [0.25, 0.3) is 0 Å². The molecule has 1 aliphatic heterocycles. The number of piperidine rings is 1. The molecule has 7 nitrogen and oxygen atoms in total. The molecule has 0 radical (unpaired) electrons. The Balaban J connectivity index is 2.06. The van der Waals surface area contributed by atoms with Crippen LogP contribution < -0.4 is 10.6 Å². The zero-order chi connectivity index (χ0) is 19.9. The van der Waals surface area contributed by atoms with Gasteiger partial charge in [0.15, 0.2) is 0 Å². The highest BCUT2D eigenvalue weighted by Crippen LogP contribution is 2.22. The molecule has 1 saturated heterocycles. The molecule has 0 saturated carbocycles. The molecule has 2 N–H and O–H groups in total. The average molecular weight is 396 g/mol. The van der Waals surface area contributed by atoms with Gasteiger partial charge >= 0.3 is 0 Å². The quantitative estimate of drug-likeness (QED) is 0.660. The van der Waals surface area contributed by atoms with Gasteiger partial charge in [-0.1, -0.05) is 25.5 Å². The summed E-state index contributed by atoms with van der Waals surface area (Å²) in [6.07, 6.45) is 3.16. The highest BCUT2D eigenvalue weighted by molar-refractivity contribution is 7.89. The number of sulfonamides is 1. The summed E-state index contributed by atoms with van der Waals surface area (Å²) in [7, 11) is -3.31. The molecule has 1 heterocycles. The molecule has 0 aromatic heterocycles. The van der Waals surface area contributed by atoms with Gasteiger partial charge < -0.3 is 10.6 Å². The first-order valence-corrected chi connectivity index (χ1v) is 11.2. The Hall–Kier alpha value is -1.93. The molecule has 1 fully saturated rings. The van der Waals surface area contributed by atoms with Gasteiger partial charge in [0.25, 0.3) is 5.91 Å². The Morgan fingerprint density at radius 3 is 2.67 bits per heavy atom. The van der Waals surface area contributed by atoms with Gasteiger partial charge in [0, 0.05) is 19.6 Å². The zero-order valence-corrected chi connectivity index (χ0v) is 16.8. The summed E-state index contributed by atoms with van der Waals surface area (Å²) < 4.78 is 25.6. The number of hydrogen-bond donors (Lipinski definition) is 2. The maximum Gasteiger partial charge on any atom is 0.253 e. The standard InChI is InChI=1S/C19H29N3O4S/c1-3-5-12-20-19(24)16-10-6-7-11-17(16)21-18(23)15-9-8-13-22(14-15)27(25,26)4-2/h6-7,10-11,15H,3-5,8-9,12-14H2,1-2H3,(H,20,24)(H,21,23)/t15-/m1/s1. The number of amides is 2. The molecule has 1 aromatic carbocycles. The Morgan fingerprint density at radius 2 is 1.96 bits per heavy atom. The first kappa shape index (κ1) is 21.4. The maximum absolute atomic E-state index is 12.7. The van der Waals surface area contributed by atoms with Crippen LogP contribution in [0.5, 0.6) is 0 Å². The molecule has 2 amide bonds. The predicted molar refractivity (Wildman–Crippen MR) is 106 cm³/mol. The monoisotopic (exact) mass is 395 g/mol. The zero-order valence-electron chi connectivity index (χ0n) is 16.0. The van der Waals surface area contributed by atoms with E-state index >= 15 is 0 Å². The fourth-order valence-electron chi connectivity index (χ4n) is 3.09. The normalized spacial score (nSPS) is 18.1. The van der Waals surface area contributed by atoms with Crippen molar-refractivity contribution in [1.29, 1.82) is 0 Å². The molecule has 0 aliphatic carbocycles. The minimum Gasteiger partial charge on any atom is -0.352 e. The second kappa shape index (κ2) is 9.85. The molecule has 0 spiro atoms.